The predicted octanol–water partition coefficient (Wildman–Crippen LogP) is -1.48. The molecule has 38 heavy (non-hydrogen) atoms. The van der Waals surface area contributed by atoms with E-state index in [1.54, 1.807) is 12.1 Å². The van der Waals surface area contributed by atoms with Crippen molar-refractivity contribution in [2.45, 2.75) is 56.8 Å². The number of carbonyl (C=O) groups excluding carboxylic acids is 5. The first-order valence-corrected chi connectivity index (χ1v) is 13.7. The van der Waals surface area contributed by atoms with E-state index in [9.17, 15) is 37.2 Å². The second-order valence-electron chi connectivity index (χ2n) is 9.06. The Morgan fingerprint density at radius 1 is 1.16 bits per heavy atom. The molecule has 0 saturated carbocycles. The maximum absolute atomic E-state index is 13.5. The molecule has 206 valence electrons. The number of sulfonamides is 1. The van der Waals surface area contributed by atoms with Gasteiger partial charge in [-0.3, -0.25) is 29.0 Å². The summed E-state index contributed by atoms with van der Waals surface area (Å²) in [6, 6.07) is 2.43. The maximum atomic E-state index is 13.5. The number of benzene rings is 1. The summed E-state index contributed by atoms with van der Waals surface area (Å²) >= 11 is 0. The predicted molar refractivity (Wildman–Crippen MR) is 130 cm³/mol. The lowest BCUT2D eigenvalue weighted by atomic mass is 10.0. The number of fused-ring (bicyclic) bond motifs is 1. The van der Waals surface area contributed by atoms with Crippen molar-refractivity contribution >= 4 is 45.9 Å². The molecule has 1 aromatic carbocycles. The highest BCUT2D eigenvalue weighted by Crippen LogP contribution is 2.25. The summed E-state index contributed by atoms with van der Waals surface area (Å²) < 4.78 is 24.9. The van der Waals surface area contributed by atoms with E-state index in [1.165, 1.54) is 17.1 Å². The first-order chi connectivity index (χ1) is 17.9. The second-order valence-corrected chi connectivity index (χ2v) is 10.9. The molecule has 0 aliphatic carbocycles. The fraction of sp³-hybridized carbons (Fsp3) is 0.478. The van der Waals surface area contributed by atoms with E-state index in [0.717, 1.165) is 11.3 Å². The maximum Gasteiger partial charge on any atom is 0.305 e. The van der Waals surface area contributed by atoms with Crippen LogP contribution >= 0.6 is 0 Å². The highest BCUT2D eigenvalue weighted by molar-refractivity contribution is 7.88. The Balaban J connectivity index is 1.74. The molecule has 0 spiro atoms. The van der Waals surface area contributed by atoms with Crippen molar-refractivity contribution in [2.24, 2.45) is 0 Å². The van der Waals surface area contributed by atoms with Crippen molar-refractivity contribution in [2.75, 3.05) is 12.8 Å². The van der Waals surface area contributed by atoms with E-state index in [0.29, 0.717) is 12.0 Å². The standard InChI is InChI=1S/C23H29N5O9S/c1-38(36,37)24-12-14-4-6-15(7-5-14)21(33)26-17-8-9-19(30)27-10-2-3-18(28(27)23(17)35)22(34)25-16(13-29)11-20(31)32/h4-7,13,16-18,24H,2-3,8-12H2,1H3,(H,25,34)(H,26,33)(H,31,32)/t16-,17-,18-/m0/s1. The molecule has 4 amide bonds. The van der Waals surface area contributed by atoms with E-state index in [1.807, 2.05) is 0 Å². The number of amides is 4. The van der Waals surface area contributed by atoms with Gasteiger partial charge in [-0.1, -0.05) is 12.1 Å². The van der Waals surface area contributed by atoms with Gasteiger partial charge in [0.1, 0.15) is 18.4 Å². The van der Waals surface area contributed by atoms with E-state index >= 15 is 0 Å². The number of carboxylic acid groups (broad SMARTS) is 1. The van der Waals surface area contributed by atoms with Gasteiger partial charge in [0, 0.05) is 25.1 Å². The largest absolute Gasteiger partial charge is 0.481 e. The summed E-state index contributed by atoms with van der Waals surface area (Å²) in [5, 5.41) is 16.0. The topological polar surface area (TPSA) is 199 Å². The number of nitrogens with one attached hydrogen (secondary N) is 3. The Kier molecular flexibility index (Phi) is 9.17. The molecule has 2 fully saturated rings. The number of carboxylic acids is 1. The molecule has 1 aromatic rings. The van der Waals surface area contributed by atoms with Gasteiger partial charge in [-0.15, -0.1) is 0 Å². The van der Waals surface area contributed by atoms with Gasteiger partial charge in [0.25, 0.3) is 11.8 Å². The Hall–Kier alpha value is -3.85. The van der Waals surface area contributed by atoms with Crippen LogP contribution in [0.2, 0.25) is 0 Å². The molecule has 0 bridgehead atoms. The average molecular weight is 552 g/mol. The Morgan fingerprint density at radius 2 is 1.84 bits per heavy atom. The second kappa shape index (κ2) is 12.1. The first kappa shape index (κ1) is 28.7. The zero-order chi connectivity index (χ0) is 28.0. The van der Waals surface area contributed by atoms with Crippen LogP contribution in [0.5, 0.6) is 0 Å². The summed E-state index contributed by atoms with van der Waals surface area (Å²) in [7, 11) is -3.39. The van der Waals surface area contributed by atoms with Gasteiger partial charge < -0.3 is 20.5 Å². The molecule has 0 radical (unpaired) electrons. The van der Waals surface area contributed by atoms with Crippen LogP contribution in [0, 0.1) is 0 Å². The minimum absolute atomic E-state index is 0.00289. The molecular weight excluding hydrogens is 522 g/mol. The number of aldehydes is 1. The Labute approximate surface area is 218 Å². The molecule has 14 nitrogen and oxygen atoms in total. The van der Waals surface area contributed by atoms with Crippen LogP contribution in [0.1, 0.15) is 48.0 Å². The van der Waals surface area contributed by atoms with E-state index < -0.39 is 64.2 Å². The van der Waals surface area contributed by atoms with Crippen LogP contribution in [0.25, 0.3) is 0 Å². The number of hydrogen-bond donors (Lipinski definition) is 4. The number of hydrogen-bond acceptors (Lipinski definition) is 8. The molecule has 0 aromatic heterocycles. The van der Waals surface area contributed by atoms with Gasteiger partial charge in [-0.05, 0) is 37.0 Å². The van der Waals surface area contributed by atoms with Crippen molar-refractivity contribution in [1.82, 2.24) is 25.4 Å². The van der Waals surface area contributed by atoms with Crippen LogP contribution < -0.4 is 15.4 Å². The van der Waals surface area contributed by atoms with E-state index in [4.69, 9.17) is 5.11 Å². The minimum Gasteiger partial charge on any atom is -0.481 e. The summed E-state index contributed by atoms with van der Waals surface area (Å²) in [6.45, 7) is 0.222. The summed E-state index contributed by atoms with van der Waals surface area (Å²) in [4.78, 5) is 74.2. The number of nitrogens with zero attached hydrogens (tertiary/aromatic N) is 2. The van der Waals surface area contributed by atoms with E-state index in [2.05, 4.69) is 15.4 Å². The average Bonchev–Trinajstić information content (AvgIpc) is 2.98. The molecule has 3 rings (SSSR count). The van der Waals surface area contributed by atoms with Crippen molar-refractivity contribution in [3.8, 4) is 0 Å². The summed E-state index contributed by atoms with van der Waals surface area (Å²) in [6.07, 6.45) is 1.18. The smallest absolute Gasteiger partial charge is 0.305 e. The van der Waals surface area contributed by atoms with Crippen LogP contribution in [0.4, 0.5) is 0 Å². The first-order valence-electron chi connectivity index (χ1n) is 11.8. The van der Waals surface area contributed by atoms with Gasteiger partial charge in [-0.2, -0.15) is 0 Å². The lowest BCUT2D eigenvalue weighted by Gasteiger charge is -2.43. The van der Waals surface area contributed by atoms with Gasteiger partial charge in [-0.25, -0.2) is 18.1 Å². The van der Waals surface area contributed by atoms with Gasteiger partial charge in [0.05, 0.1) is 18.7 Å². The normalized spacial score (nSPS) is 20.7. The lowest BCUT2D eigenvalue weighted by Crippen LogP contribution is -2.64. The third kappa shape index (κ3) is 7.35. The van der Waals surface area contributed by atoms with Crippen molar-refractivity contribution in [3.05, 3.63) is 35.4 Å². The fourth-order valence-corrected chi connectivity index (χ4v) is 4.67. The van der Waals surface area contributed by atoms with Gasteiger partial charge in [0.15, 0.2) is 0 Å². The van der Waals surface area contributed by atoms with Crippen molar-refractivity contribution < 1.29 is 42.3 Å². The zero-order valence-electron chi connectivity index (χ0n) is 20.6. The highest BCUT2D eigenvalue weighted by atomic mass is 32.2. The molecule has 2 aliphatic rings. The molecule has 3 atom stereocenters. The third-order valence-electron chi connectivity index (χ3n) is 6.11. The summed E-state index contributed by atoms with van der Waals surface area (Å²) in [5.74, 6) is -3.77. The van der Waals surface area contributed by atoms with Crippen LogP contribution in [0.3, 0.4) is 0 Å². The molecule has 2 saturated heterocycles. The van der Waals surface area contributed by atoms with Crippen LogP contribution in [-0.4, -0.2) is 90.4 Å². The molecule has 2 aliphatic heterocycles. The molecular formula is C23H29N5O9S. The minimum atomic E-state index is -3.39. The molecule has 15 heteroatoms. The van der Waals surface area contributed by atoms with Crippen LogP contribution in [-0.2, 0) is 40.5 Å². The number of carbonyl (C=O) groups is 6. The van der Waals surface area contributed by atoms with Crippen molar-refractivity contribution in [3.63, 3.8) is 0 Å². The number of rotatable bonds is 10. The molecule has 4 N–H and O–H groups in total. The highest BCUT2D eigenvalue weighted by Gasteiger charge is 2.45. The monoisotopic (exact) mass is 551 g/mol. The quantitative estimate of drug-likeness (QED) is 0.250. The Morgan fingerprint density at radius 3 is 2.45 bits per heavy atom. The summed E-state index contributed by atoms with van der Waals surface area (Å²) in [5.41, 5.74) is 0.807. The van der Waals surface area contributed by atoms with Gasteiger partial charge >= 0.3 is 5.97 Å². The molecule has 2 heterocycles. The number of hydrazine groups is 1. The lowest BCUT2D eigenvalue weighted by molar-refractivity contribution is -0.176. The SMILES string of the molecule is CS(=O)(=O)NCc1ccc(C(=O)N[C@H]2CCC(=O)N3CCC[C@@H](C(=O)N[C@H](C=O)CC(=O)O)N3C2=O)cc1. The third-order valence-corrected chi connectivity index (χ3v) is 6.78. The zero-order valence-corrected chi connectivity index (χ0v) is 21.4. The van der Waals surface area contributed by atoms with Crippen molar-refractivity contribution in [1.29, 1.82) is 0 Å². The number of aliphatic carboxylic acids is 1. The molecule has 0 unspecified atom stereocenters. The Bertz CT molecular complexity index is 1220. The van der Waals surface area contributed by atoms with Crippen LogP contribution in [0.15, 0.2) is 24.3 Å². The van der Waals surface area contributed by atoms with E-state index in [-0.39, 0.29) is 44.2 Å². The van der Waals surface area contributed by atoms with Gasteiger partial charge in [0.2, 0.25) is 21.8 Å². The fourth-order valence-electron chi connectivity index (χ4n) is 4.24.